The highest BCUT2D eigenvalue weighted by Gasteiger charge is 2.11. The summed E-state index contributed by atoms with van der Waals surface area (Å²) in [6.45, 7) is 4.64. The Labute approximate surface area is 165 Å². The molecule has 0 aliphatic carbocycles. The lowest BCUT2D eigenvalue weighted by atomic mass is 10.1. The monoisotopic (exact) mass is 376 g/mol. The summed E-state index contributed by atoms with van der Waals surface area (Å²) < 4.78 is 5.24. The van der Waals surface area contributed by atoms with Gasteiger partial charge in [-0.2, -0.15) is 0 Å². The highest BCUT2D eigenvalue weighted by atomic mass is 16.5. The third-order valence-electron chi connectivity index (χ3n) is 4.57. The lowest BCUT2D eigenvalue weighted by molar-refractivity contribution is 0.102. The summed E-state index contributed by atoms with van der Waals surface area (Å²) in [6.07, 6.45) is 2.37. The maximum Gasteiger partial charge on any atom is 0.274 e. The summed E-state index contributed by atoms with van der Waals surface area (Å²) in [5, 5.41) is 6.09. The maximum absolute atomic E-state index is 12.6. The van der Waals surface area contributed by atoms with Crippen LogP contribution in [0.3, 0.4) is 0 Å². The number of benzene rings is 2. The number of amides is 1. The van der Waals surface area contributed by atoms with Crippen molar-refractivity contribution >= 4 is 17.5 Å². The fourth-order valence-corrected chi connectivity index (χ4v) is 2.79. The molecule has 0 spiro atoms. The van der Waals surface area contributed by atoms with Crippen LogP contribution in [0.25, 0.3) is 0 Å². The number of hydrogen-bond donors (Lipinski definition) is 2. The van der Waals surface area contributed by atoms with Gasteiger partial charge in [0.05, 0.1) is 7.11 Å². The average molecular weight is 376 g/mol. The first-order chi connectivity index (χ1) is 13.6. The zero-order chi connectivity index (χ0) is 19.9. The maximum atomic E-state index is 12.6. The van der Waals surface area contributed by atoms with Gasteiger partial charge < -0.3 is 15.4 Å². The number of aryl methyl sites for hydroxylation is 1. The van der Waals surface area contributed by atoms with E-state index in [-0.39, 0.29) is 5.91 Å². The number of methoxy groups -OCH3 is 1. The van der Waals surface area contributed by atoms with Gasteiger partial charge in [0.2, 0.25) is 5.95 Å². The molecule has 6 nitrogen and oxygen atoms in total. The minimum Gasteiger partial charge on any atom is -0.497 e. The molecule has 6 heteroatoms. The second kappa shape index (κ2) is 8.99. The van der Waals surface area contributed by atoms with Crippen LogP contribution < -0.4 is 15.4 Å². The van der Waals surface area contributed by atoms with E-state index in [2.05, 4.69) is 20.6 Å². The Morgan fingerprint density at radius 2 is 1.93 bits per heavy atom. The van der Waals surface area contributed by atoms with Gasteiger partial charge in [-0.15, -0.1) is 0 Å². The molecule has 0 unspecified atom stereocenters. The van der Waals surface area contributed by atoms with Crippen LogP contribution in [0.15, 0.2) is 54.7 Å². The normalized spacial score (nSPS) is 10.4. The first-order valence-electron chi connectivity index (χ1n) is 9.14. The molecule has 0 saturated carbocycles. The lowest BCUT2D eigenvalue weighted by Crippen LogP contribution is -2.16. The van der Waals surface area contributed by atoms with E-state index in [0.29, 0.717) is 18.2 Å². The molecule has 1 heterocycles. The van der Waals surface area contributed by atoms with Crippen molar-refractivity contribution in [3.8, 4) is 5.75 Å². The van der Waals surface area contributed by atoms with Crippen LogP contribution >= 0.6 is 0 Å². The molecule has 0 aliphatic heterocycles. The second-order valence-electron chi connectivity index (χ2n) is 6.50. The van der Waals surface area contributed by atoms with Crippen molar-refractivity contribution in [2.45, 2.75) is 20.3 Å². The number of rotatable bonds is 7. The van der Waals surface area contributed by atoms with Crippen LogP contribution in [0.2, 0.25) is 0 Å². The van der Waals surface area contributed by atoms with Crippen molar-refractivity contribution in [3.63, 3.8) is 0 Å². The Balaban J connectivity index is 1.61. The number of ether oxygens (including phenoxy) is 1. The zero-order valence-corrected chi connectivity index (χ0v) is 16.3. The largest absolute Gasteiger partial charge is 0.497 e. The van der Waals surface area contributed by atoms with E-state index in [1.54, 1.807) is 19.4 Å². The standard InChI is InChI=1S/C22H24N4O2/c1-15-6-4-9-19(16(15)2)25-21(27)20-11-13-24-22(26-20)23-12-10-17-7-5-8-18(14-17)28-3/h4-9,11,13-14H,10,12H2,1-3H3,(H,25,27)(H,23,24,26). The van der Waals surface area contributed by atoms with Crippen molar-refractivity contribution < 1.29 is 9.53 Å². The van der Waals surface area contributed by atoms with Gasteiger partial charge in [0, 0.05) is 18.4 Å². The summed E-state index contributed by atoms with van der Waals surface area (Å²) in [6, 6.07) is 15.3. The van der Waals surface area contributed by atoms with E-state index < -0.39 is 0 Å². The van der Waals surface area contributed by atoms with Crippen LogP contribution in [0, 0.1) is 13.8 Å². The molecule has 144 valence electrons. The van der Waals surface area contributed by atoms with Gasteiger partial charge in [-0.3, -0.25) is 4.79 Å². The van der Waals surface area contributed by atoms with Gasteiger partial charge in [-0.05, 0) is 61.2 Å². The van der Waals surface area contributed by atoms with Gasteiger partial charge >= 0.3 is 0 Å². The molecular weight excluding hydrogens is 352 g/mol. The average Bonchev–Trinajstić information content (AvgIpc) is 2.72. The molecule has 3 aromatic rings. The number of nitrogens with one attached hydrogen (secondary N) is 2. The molecule has 0 fully saturated rings. The minimum absolute atomic E-state index is 0.257. The van der Waals surface area contributed by atoms with Gasteiger partial charge in [0.15, 0.2) is 0 Å². The van der Waals surface area contributed by atoms with E-state index in [4.69, 9.17) is 4.74 Å². The third kappa shape index (κ3) is 4.85. The van der Waals surface area contributed by atoms with Crippen molar-refractivity contribution in [3.05, 3.63) is 77.1 Å². The molecule has 1 amide bonds. The lowest BCUT2D eigenvalue weighted by Gasteiger charge is -2.11. The van der Waals surface area contributed by atoms with Crippen molar-refractivity contribution in [1.29, 1.82) is 0 Å². The number of carbonyl (C=O) groups excluding carboxylic acids is 1. The van der Waals surface area contributed by atoms with E-state index >= 15 is 0 Å². The quantitative estimate of drug-likeness (QED) is 0.652. The second-order valence-corrected chi connectivity index (χ2v) is 6.50. The Hall–Kier alpha value is -3.41. The van der Waals surface area contributed by atoms with Gasteiger partial charge in [-0.1, -0.05) is 24.3 Å². The Morgan fingerprint density at radius 1 is 1.11 bits per heavy atom. The number of hydrogen-bond acceptors (Lipinski definition) is 5. The molecule has 0 bridgehead atoms. The predicted octanol–water partition coefficient (Wildman–Crippen LogP) is 4.01. The van der Waals surface area contributed by atoms with E-state index in [1.165, 1.54) is 0 Å². The van der Waals surface area contributed by atoms with Crippen LogP contribution in [0.5, 0.6) is 5.75 Å². The smallest absolute Gasteiger partial charge is 0.274 e. The van der Waals surface area contributed by atoms with Crippen LogP contribution in [-0.4, -0.2) is 29.5 Å². The summed E-state index contributed by atoms with van der Waals surface area (Å²) in [5.74, 6) is 1.00. The fourth-order valence-electron chi connectivity index (χ4n) is 2.79. The van der Waals surface area contributed by atoms with E-state index in [0.717, 1.165) is 34.5 Å². The van der Waals surface area contributed by atoms with Gasteiger partial charge in [0.25, 0.3) is 5.91 Å². The summed E-state index contributed by atoms with van der Waals surface area (Å²) in [7, 11) is 1.65. The van der Waals surface area contributed by atoms with Crippen LogP contribution in [-0.2, 0) is 6.42 Å². The molecule has 0 saturated heterocycles. The van der Waals surface area contributed by atoms with E-state index in [9.17, 15) is 4.79 Å². The first-order valence-corrected chi connectivity index (χ1v) is 9.14. The number of aromatic nitrogens is 2. The van der Waals surface area contributed by atoms with Gasteiger partial charge in [-0.25, -0.2) is 9.97 Å². The highest BCUT2D eigenvalue weighted by molar-refractivity contribution is 6.03. The topological polar surface area (TPSA) is 76.1 Å². The number of carbonyl (C=O) groups is 1. The Bertz CT molecular complexity index is 972. The van der Waals surface area contributed by atoms with E-state index in [1.807, 2.05) is 56.3 Å². The van der Waals surface area contributed by atoms with Crippen LogP contribution in [0.4, 0.5) is 11.6 Å². The molecule has 3 rings (SSSR count). The number of nitrogens with zero attached hydrogens (tertiary/aromatic N) is 2. The SMILES string of the molecule is COc1cccc(CCNc2nccc(C(=O)Nc3cccc(C)c3C)n2)c1. The first kappa shape index (κ1) is 19.4. The zero-order valence-electron chi connectivity index (χ0n) is 16.3. The molecule has 0 atom stereocenters. The molecule has 2 N–H and O–H groups in total. The number of anilines is 2. The van der Waals surface area contributed by atoms with Crippen molar-refractivity contribution in [2.75, 3.05) is 24.3 Å². The predicted molar refractivity (Wildman–Crippen MR) is 111 cm³/mol. The Morgan fingerprint density at radius 3 is 2.75 bits per heavy atom. The van der Waals surface area contributed by atoms with Gasteiger partial charge in [0.1, 0.15) is 11.4 Å². The Kier molecular flexibility index (Phi) is 6.22. The summed E-state index contributed by atoms with van der Waals surface area (Å²) in [5.41, 5.74) is 4.42. The van der Waals surface area contributed by atoms with Crippen molar-refractivity contribution in [1.82, 2.24) is 9.97 Å². The third-order valence-corrected chi connectivity index (χ3v) is 4.57. The molecular formula is C22H24N4O2. The summed E-state index contributed by atoms with van der Waals surface area (Å²) >= 11 is 0. The molecule has 0 aliphatic rings. The van der Waals surface area contributed by atoms with Crippen LogP contribution in [0.1, 0.15) is 27.2 Å². The molecule has 2 aromatic carbocycles. The summed E-state index contributed by atoms with van der Waals surface area (Å²) in [4.78, 5) is 21.1. The van der Waals surface area contributed by atoms with Crippen molar-refractivity contribution in [2.24, 2.45) is 0 Å². The molecule has 0 radical (unpaired) electrons. The minimum atomic E-state index is -0.257. The molecule has 1 aromatic heterocycles. The molecule has 28 heavy (non-hydrogen) atoms. The fraction of sp³-hybridized carbons (Fsp3) is 0.227. The highest BCUT2D eigenvalue weighted by Crippen LogP contribution is 2.18.